The van der Waals surface area contributed by atoms with E-state index in [-0.39, 0.29) is 17.7 Å². The fraction of sp³-hybridized carbons (Fsp3) is 0.481. The van der Waals surface area contributed by atoms with Gasteiger partial charge >= 0.3 is 0 Å². The molecule has 3 aliphatic rings. The van der Waals surface area contributed by atoms with Crippen LogP contribution in [0.1, 0.15) is 54.7 Å². The number of aryl methyl sites for hydroxylation is 1. The number of halogens is 2. The topological polar surface area (TPSA) is 58.6 Å². The predicted molar refractivity (Wildman–Crippen MR) is 123 cm³/mol. The van der Waals surface area contributed by atoms with E-state index in [1.54, 1.807) is 6.07 Å². The summed E-state index contributed by atoms with van der Waals surface area (Å²) in [4.78, 5) is 28.6. The quantitative estimate of drug-likeness (QED) is 0.741. The number of amides is 2. The Hall–Kier alpha value is -2.80. The number of likely N-dealkylation sites (tertiary alicyclic amines) is 1. The lowest BCUT2D eigenvalue weighted by atomic mass is 9.72. The highest BCUT2D eigenvalue weighted by Crippen LogP contribution is 2.45. The van der Waals surface area contributed by atoms with Gasteiger partial charge in [-0.05, 0) is 55.9 Å². The van der Waals surface area contributed by atoms with Gasteiger partial charge in [0, 0.05) is 38.6 Å². The summed E-state index contributed by atoms with van der Waals surface area (Å²) >= 11 is 0. The zero-order chi connectivity index (χ0) is 23.9. The van der Waals surface area contributed by atoms with Gasteiger partial charge in [0.05, 0.1) is 11.0 Å². The number of ether oxygens (including phenoxy) is 1. The fourth-order valence-corrected chi connectivity index (χ4v) is 6.16. The van der Waals surface area contributed by atoms with Crippen LogP contribution in [-0.4, -0.2) is 48.6 Å². The third-order valence-corrected chi connectivity index (χ3v) is 7.92. The number of hydrogen-bond acceptors (Lipinski definition) is 3. The maximum absolute atomic E-state index is 14.3. The summed E-state index contributed by atoms with van der Waals surface area (Å²) in [6.45, 7) is 3.72. The molecule has 7 heteroatoms. The number of rotatable bonds is 3. The van der Waals surface area contributed by atoms with E-state index in [4.69, 9.17) is 4.74 Å². The minimum atomic E-state index is -0.916. The molecule has 1 spiro atoms. The van der Waals surface area contributed by atoms with Crippen molar-refractivity contribution in [3.63, 3.8) is 0 Å². The van der Waals surface area contributed by atoms with Gasteiger partial charge in [-0.15, -0.1) is 0 Å². The molecule has 0 unspecified atom stereocenters. The summed E-state index contributed by atoms with van der Waals surface area (Å²) in [5.41, 5.74) is 1.29. The predicted octanol–water partition coefficient (Wildman–Crippen LogP) is 3.99. The Morgan fingerprint density at radius 3 is 2.59 bits per heavy atom. The summed E-state index contributed by atoms with van der Waals surface area (Å²) in [6, 6.07) is 12.0. The van der Waals surface area contributed by atoms with E-state index in [1.807, 2.05) is 30.0 Å². The van der Waals surface area contributed by atoms with Crippen LogP contribution in [0.3, 0.4) is 0 Å². The van der Waals surface area contributed by atoms with Gasteiger partial charge in [0.1, 0.15) is 0 Å². The van der Waals surface area contributed by atoms with Crippen LogP contribution in [-0.2, 0) is 19.7 Å². The van der Waals surface area contributed by atoms with E-state index in [9.17, 15) is 18.4 Å². The minimum absolute atomic E-state index is 0.0191. The molecule has 0 radical (unpaired) electrons. The molecule has 3 saturated heterocycles. The lowest BCUT2D eigenvalue weighted by Gasteiger charge is -2.41. The summed E-state index contributed by atoms with van der Waals surface area (Å²) in [6.07, 6.45) is 2.99. The maximum Gasteiger partial charge on any atom is 0.233 e. The first-order chi connectivity index (χ1) is 16.3. The maximum atomic E-state index is 14.3. The SMILES string of the molecule is Cc1cccc(C2(C(=O)N3C[C@@H](c4ccc(F)c(F)c4)[C@@]4(CCCC(=O)N4)C3)CCOCC2)c1. The van der Waals surface area contributed by atoms with Crippen LogP contribution < -0.4 is 5.32 Å². The molecule has 34 heavy (non-hydrogen) atoms. The molecule has 3 aliphatic heterocycles. The van der Waals surface area contributed by atoms with E-state index in [0.717, 1.165) is 17.2 Å². The molecule has 180 valence electrons. The van der Waals surface area contributed by atoms with Gasteiger partial charge in [0.15, 0.2) is 11.6 Å². The van der Waals surface area contributed by atoms with Gasteiger partial charge in [-0.1, -0.05) is 35.9 Å². The largest absolute Gasteiger partial charge is 0.381 e. The van der Waals surface area contributed by atoms with Crippen LogP contribution >= 0.6 is 0 Å². The van der Waals surface area contributed by atoms with Gasteiger partial charge < -0.3 is 15.0 Å². The van der Waals surface area contributed by atoms with E-state index < -0.39 is 22.6 Å². The Kier molecular flexibility index (Phi) is 5.92. The van der Waals surface area contributed by atoms with Crippen LogP contribution in [0.4, 0.5) is 8.78 Å². The van der Waals surface area contributed by atoms with E-state index in [1.165, 1.54) is 6.07 Å². The smallest absolute Gasteiger partial charge is 0.233 e. The molecule has 3 fully saturated rings. The van der Waals surface area contributed by atoms with Crippen LogP contribution in [0.5, 0.6) is 0 Å². The Morgan fingerprint density at radius 2 is 1.88 bits per heavy atom. The van der Waals surface area contributed by atoms with Crippen molar-refractivity contribution in [2.45, 2.75) is 55.9 Å². The molecule has 2 aromatic carbocycles. The molecular formula is C27H30F2N2O3. The first-order valence-corrected chi connectivity index (χ1v) is 12.0. The Morgan fingerprint density at radius 1 is 1.09 bits per heavy atom. The average Bonchev–Trinajstić information content (AvgIpc) is 3.18. The second-order valence-corrected chi connectivity index (χ2v) is 10.0. The van der Waals surface area contributed by atoms with Gasteiger partial charge in [-0.3, -0.25) is 9.59 Å². The molecule has 2 atom stereocenters. The highest BCUT2D eigenvalue weighted by molar-refractivity contribution is 5.89. The molecule has 3 heterocycles. The Balaban J connectivity index is 1.53. The second-order valence-electron chi connectivity index (χ2n) is 10.0. The lowest BCUT2D eigenvalue weighted by Crippen LogP contribution is -2.57. The van der Waals surface area contributed by atoms with Crippen molar-refractivity contribution in [3.05, 3.63) is 70.8 Å². The van der Waals surface area contributed by atoms with Crippen molar-refractivity contribution in [1.29, 1.82) is 0 Å². The number of carbonyl (C=O) groups excluding carboxylic acids is 2. The summed E-state index contributed by atoms with van der Waals surface area (Å²) in [7, 11) is 0. The molecule has 1 N–H and O–H groups in total. The van der Waals surface area contributed by atoms with Crippen molar-refractivity contribution in [2.75, 3.05) is 26.3 Å². The number of nitrogens with one attached hydrogen (secondary N) is 1. The highest BCUT2D eigenvalue weighted by atomic mass is 19.2. The lowest BCUT2D eigenvalue weighted by molar-refractivity contribution is -0.141. The van der Waals surface area contributed by atoms with Gasteiger partial charge in [0.25, 0.3) is 0 Å². The molecule has 5 rings (SSSR count). The standard InChI is InChI=1S/C27H30F2N2O3/c1-18-4-2-5-20(14-18)26(10-12-34-13-11-26)25(33)31-16-21(19-7-8-22(28)23(29)15-19)27(17-31)9-3-6-24(32)30-27/h2,4-5,7-8,14-15,21H,3,6,9-13,16-17H2,1H3,(H,30,32)/t21-,27+/m0/s1. The number of benzene rings is 2. The first kappa shape index (κ1) is 23.0. The third kappa shape index (κ3) is 3.90. The zero-order valence-electron chi connectivity index (χ0n) is 19.4. The van der Waals surface area contributed by atoms with Gasteiger partial charge in [-0.2, -0.15) is 0 Å². The molecule has 0 aromatic heterocycles. The minimum Gasteiger partial charge on any atom is -0.381 e. The zero-order valence-corrected chi connectivity index (χ0v) is 19.4. The van der Waals surface area contributed by atoms with Crippen molar-refractivity contribution < 1.29 is 23.1 Å². The first-order valence-electron chi connectivity index (χ1n) is 12.0. The monoisotopic (exact) mass is 468 g/mol. The van der Waals surface area contributed by atoms with Gasteiger partial charge in [-0.25, -0.2) is 8.78 Å². The number of carbonyl (C=O) groups is 2. The molecule has 0 bridgehead atoms. The molecular weight excluding hydrogens is 438 g/mol. The molecule has 2 aromatic rings. The molecule has 0 saturated carbocycles. The van der Waals surface area contributed by atoms with Crippen LogP contribution in [0.15, 0.2) is 42.5 Å². The second kappa shape index (κ2) is 8.77. The van der Waals surface area contributed by atoms with E-state index in [2.05, 4.69) is 11.4 Å². The number of nitrogens with zero attached hydrogens (tertiary/aromatic N) is 1. The van der Waals surface area contributed by atoms with Crippen molar-refractivity contribution >= 4 is 11.8 Å². The average molecular weight is 469 g/mol. The third-order valence-electron chi connectivity index (χ3n) is 7.92. The molecule has 5 nitrogen and oxygen atoms in total. The van der Waals surface area contributed by atoms with Crippen LogP contribution in [0.25, 0.3) is 0 Å². The fourth-order valence-electron chi connectivity index (χ4n) is 6.16. The van der Waals surface area contributed by atoms with E-state index >= 15 is 0 Å². The molecule has 0 aliphatic carbocycles. The number of piperidine rings is 1. The summed E-state index contributed by atoms with van der Waals surface area (Å²) in [5, 5.41) is 3.15. The summed E-state index contributed by atoms with van der Waals surface area (Å²) < 4.78 is 33.5. The van der Waals surface area contributed by atoms with Crippen LogP contribution in [0.2, 0.25) is 0 Å². The van der Waals surface area contributed by atoms with Crippen molar-refractivity contribution in [3.8, 4) is 0 Å². The molecule has 2 amide bonds. The Bertz CT molecular complexity index is 1110. The Labute approximate surface area is 198 Å². The van der Waals surface area contributed by atoms with Crippen molar-refractivity contribution in [2.24, 2.45) is 0 Å². The van der Waals surface area contributed by atoms with Gasteiger partial charge in [0.2, 0.25) is 11.8 Å². The van der Waals surface area contributed by atoms with Crippen LogP contribution in [0, 0.1) is 18.6 Å². The normalized spacial score (nSPS) is 26.5. The van der Waals surface area contributed by atoms with Crippen molar-refractivity contribution in [1.82, 2.24) is 10.2 Å². The number of hydrogen-bond donors (Lipinski definition) is 1. The summed E-state index contributed by atoms with van der Waals surface area (Å²) in [5.74, 6) is -2.18. The highest BCUT2D eigenvalue weighted by Gasteiger charge is 2.54. The van der Waals surface area contributed by atoms with E-state index in [0.29, 0.717) is 64.0 Å².